The van der Waals surface area contributed by atoms with E-state index in [0.717, 1.165) is 84.6 Å². The van der Waals surface area contributed by atoms with Gasteiger partial charge in [-0.2, -0.15) is 0 Å². The molecular weight excluding hydrogens is 1050 g/mol. The summed E-state index contributed by atoms with van der Waals surface area (Å²) in [7, 11) is 0. The van der Waals surface area contributed by atoms with Crippen molar-refractivity contribution in [2.24, 2.45) is 0 Å². The maximum absolute atomic E-state index is 3.87. The van der Waals surface area contributed by atoms with Gasteiger partial charge in [0.2, 0.25) is 0 Å². The molecule has 6 heterocycles. The van der Waals surface area contributed by atoms with E-state index in [2.05, 4.69) is 322 Å². The van der Waals surface area contributed by atoms with Crippen molar-refractivity contribution in [3.8, 4) is 33.4 Å². The van der Waals surface area contributed by atoms with Gasteiger partial charge in [-0.1, -0.05) is 182 Å². The average molecular weight is 1100 g/mol. The molecule has 0 saturated heterocycles. The van der Waals surface area contributed by atoms with Crippen LogP contribution >= 0.6 is 0 Å². The van der Waals surface area contributed by atoms with Crippen LogP contribution in [0.4, 0.5) is 85.3 Å². The lowest BCUT2D eigenvalue weighted by atomic mass is 9.33. The summed E-state index contributed by atoms with van der Waals surface area (Å²) in [4.78, 5) is 7.62. The molecule has 0 bridgehead atoms. The van der Waals surface area contributed by atoms with E-state index in [4.69, 9.17) is 0 Å². The SMILES string of the molecule is c1ccc(N2c3cccc4c3B(c3ccccc3N4)c3cccc(-c4cc(-c5cccc6c5N(c5ccccc5)c5cccc7c5B6c5ccccc5N7)cc(-c5cccc6c5N(c5ccccc5)c5cccc7c5B6c5ccccc5N7)c4)c32)cc1. The van der Waals surface area contributed by atoms with E-state index in [1.165, 1.54) is 83.3 Å². The summed E-state index contributed by atoms with van der Waals surface area (Å²) < 4.78 is 0. The Morgan fingerprint density at radius 2 is 0.471 bits per heavy atom. The zero-order chi connectivity index (χ0) is 56.8. The number of benzene rings is 13. The van der Waals surface area contributed by atoms with E-state index in [1.54, 1.807) is 0 Å². The Bertz CT molecular complexity index is 4520. The summed E-state index contributed by atoms with van der Waals surface area (Å²) in [5, 5.41) is 11.6. The summed E-state index contributed by atoms with van der Waals surface area (Å²) in [5.74, 6) is 0. The van der Waals surface area contributed by atoms with Crippen LogP contribution in [-0.4, -0.2) is 20.1 Å². The van der Waals surface area contributed by atoms with Crippen molar-refractivity contribution >= 4 is 155 Å². The van der Waals surface area contributed by atoms with Gasteiger partial charge in [0.05, 0.1) is 0 Å². The molecule has 6 nitrogen and oxygen atoms in total. The summed E-state index contributed by atoms with van der Waals surface area (Å²) in [6.07, 6.45) is 0. The normalized spacial score (nSPS) is 13.7. The molecule has 0 fully saturated rings. The van der Waals surface area contributed by atoms with Crippen LogP contribution < -0.4 is 79.8 Å². The standard InChI is InChI=1S/C78H51B3N6/c1-4-22-52(23-5-1)85-70-43-19-40-67-73(70)79(58-31-10-13-37-64(58)82-67)61-34-16-28-55(76(61)85)49-46-50(56-29-17-35-62-77(56)86(53-24-6-2-7-25-53)71-44-20-41-68-74(71)80(62)59-32-11-14-38-65(59)83-68)48-51(47-49)57-30-18-36-63-78(57)87(54-26-8-3-9-27-54)72-45-21-42-69-75(72)81(63)60-33-12-15-39-66(60)84-69/h1-48,82-84H. The predicted molar refractivity (Wildman–Crippen MR) is 370 cm³/mol. The quantitative estimate of drug-likeness (QED) is 0.144. The van der Waals surface area contributed by atoms with Crippen molar-refractivity contribution in [2.75, 3.05) is 30.7 Å². The van der Waals surface area contributed by atoms with Crippen LogP contribution in [-0.2, 0) is 0 Å². The van der Waals surface area contributed by atoms with Crippen molar-refractivity contribution in [3.63, 3.8) is 0 Å². The zero-order valence-electron chi connectivity index (χ0n) is 47.3. The molecule has 6 aliphatic rings. The molecular formula is C78H51B3N6. The van der Waals surface area contributed by atoms with Gasteiger partial charge in [-0.15, -0.1) is 0 Å². The van der Waals surface area contributed by atoms with Crippen molar-refractivity contribution in [1.29, 1.82) is 0 Å². The van der Waals surface area contributed by atoms with Crippen LogP contribution in [0.25, 0.3) is 33.4 Å². The van der Waals surface area contributed by atoms with Crippen LogP contribution in [0.3, 0.4) is 0 Å². The average Bonchev–Trinajstić information content (AvgIpc) is 0.857. The van der Waals surface area contributed by atoms with Crippen LogP contribution in [0.2, 0.25) is 0 Å². The van der Waals surface area contributed by atoms with Crippen LogP contribution in [0.1, 0.15) is 0 Å². The molecule has 19 rings (SSSR count). The molecule has 87 heavy (non-hydrogen) atoms. The largest absolute Gasteiger partial charge is 0.356 e. The second kappa shape index (κ2) is 18.7. The van der Waals surface area contributed by atoms with Crippen molar-refractivity contribution in [1.82, 2.24) is 0 Å². The molecule has 0 atom stereocenters. The molecule has 9 heteroatoms. The van der Waals surface area contributed by atoms with E-state index in [9.17, 15) is 0 Å². The maximum Gasteiger partial charge on any atom is 0.252 e. The lowest BCUT2D eigenvalue weighted by Gasteiger charge is -2.42. The van der Waals surface area contributed by atoms with Gasteiger partial charge < -0.3 is 30.7 Å². The fourth-order valence-corrected chi connectivity index (χ4v) is 15.8. The lowest BCUT2D eigenvalue weighted by Crippen LogP contribution is -2.60. The number of nitrogens with zero attached hydrogens (tertiary/aromatic N) is 3. The predicted octanol–water partition coefficient (Wildman–Crippen LogP) is 13.8. The van der Waals surface area contributed by atoms with Gasteiger partial charge in [0, 0.05) is 102 Å². The smallest absolute Gasteiger partial charge is 0.252 e. The highest BCUT2D eigenvalue weighted by Crippen LogP contribution is 2.51. The third kappa shape index (κ3) is 7.02. The van der Waals surface area contributed by atoms with Gasteiger partial charge >= 0.3 is 0 Å². The Kier molecular flexibility index (Phi) is 10.4. The van der Waals surface area contributed by atoms with E-state index < -0.39 is 0 Å². The van der Waals surface area contributed by atoms with Crippen molar-refractivity contribution < 1.29 is 0 Å². The minimum atomic E-state index is -0.0111. The molecule has 0 amide bonds. The molecule has 13 aromatic carbocycles. The molecule has 0 radical (unpaired) electrons. The number of hydrogen-bond acceptors (Lipinski definition) is 6. The Hall–Kier alpha value is -11.1. The summed E-state index contributed by atoms with van der Waals surface area (Å²) in [6.45, 7) is -0.0333. The fourth-order valence-electron chi connectivity index (χ4n) is 15.8. The first-order valence-electron chi connectivity index (χ1n) is 30.3. The summed E-state index contributed by atoms with van der Waals surface area (Å²) in [5.41, 5.74) is 35.6. The minimum Gasteiger partial charge on any atom is -0.356 e. The highest BCUT2D eigenvalue weighted by Gasteiger charge is 2.45. The Morgan fingerprint density at radius 1 is 0.218 bits per heavy atom. The number of para-hydroxylation sites is 9. The Morgan fingerprint density at radius 3 is 0.782 bits per heavy atom. The summed E-state index contributed by atoms with van der Waals surface area (Å²) in [6, 6.07) is 109. The molecule has 0 unspecified atom stereocenters. The second-order valence-electron chi connectivity index (χ2n) is 23.7. The number of rotatable bonds is 6. The number of anilines is 15. The second-order valence-corrected chi connectivity index (χ2v) is 23.7. The van der Waals surface area contributed by atoms with E-state index in [0.29, 0.717) is 0 Å². The first-order chi connectivity index (χ1) is 43.2. The number of fused-ring (bicyclic) bond motifs is 12. The highest BCUT2D eigenvalue weighted by atomic mass is 15.2. The fraction of sp³-hybridized carbons (Fsp3) is 0. The Balaban J connectivity index is 0.924. The number of nitrogens with one attached hydrogen (secondary N) is 3. The molecule has 0 saturated carbocycles. The molecule has 0 aliphatic carbocycles. The lowest BCUT2D eigenvalue weighted by molar-refractivity contribution is 1.28. The Labute approximate surface area is 506 Å². The van der Waals surface area contributed by atoms with Gasteiger partial charge in [-0.05, 0) is 175 Å². The van der Waals surface area contributed by atoms with Crippen molar-refractivity contribution in [2.45, 2.75) is 0 Å². The zero-order valence-corrected chi connectivity index (χ0v) is 47.3. The molecule has 0 aromatic heterocycles. The molecule has 0 spiro atoms. The molecule has 3 N–H and O–H groups in total. The highest BCUT2D eigenvalue weighted by molar-refractivity contribution is 7.02. The maximum atomic E-state index is 3.87. The van der Waals surface area contributed by atoms with Crippen LogP contribution in [0.5, 0.6) is 0 Å². The van der Waals surface area contributed by atoms with Gasteiger partial charge in [0.15, 0.2) is 0 Å². The van der Waals surface area contributed by atoms with Gasteiger partial charge in [0.25, 0.3) is 20.1 Å². The van der Waals surface area contributed by atoms with E-state index in [1.807, 2.05) is 0 Å². The van der Waals surface area contributed by atoms with Gasteiger partial charge in [-0.3, -0.25) is 0 Å². The molecule has 13 aromatic rings. The van der Waals surface area contributed by atoms with Crippen LogP contribution in [0.15, 0.2) is 291 Å². The first-order valence-corrected chi connectivity index (χ1v) is 30.3. The van der Waals surface area contributed by atoms with Crippen LogP contribution in [0, 0.1) is 0 Å². The molecule has 6 aliphatic heterocycles. The molecule has 402 valence electrons. The van der Waals surface area contributed by atoms with Gasteiger partial charge in [0.1, 0.15) is 0 Å². The van der Waals surface area contributed by atoms with Gasteiger partial charge in [-0.25, -0.2) is 0 Å². The topological polar surface area (TPSA) is 45.8 Å². The third-order valence-corrected chi connectivity index (χ3v) is 19.2. The third-order valence-electron chi connectivity index (χ3n) is 19.2. The minimum absolute atomic E-state index is 0.0111. The first kappa shape index (κ1) is 48.3. The van der Waals surface area contributed by atoms with Crippen molar-refractivity contribution in [3.05, 3.63) is 291 Å². The number of hydrogen-bond donors (Lipinski definition) is 3. The monoisotopic (exact) mass is 1100 g/mol. The van der Waals surface area contributed by atoms with E-state index in [-0.39, 0.29) is 20.1 Å². The van der Waals surface area contributed by atoms with E-state index >= 15 is 0 Å². The summed E-state index contributed by atoms with van der Waals surface area (Å²) >= 11 is 0.